The zero-order valence-corrected chi connectivity index (χ0v) is 12.0. The maximum Gasteiger partial charge on any atom is 0.0116 e. The Morgan fingerprint density at radius 1 is 1.05 bits per heavy atom. The topological polar surface area (TPSA) is 26.0 Å². The van der Waals surface area contributed by atoms with Crippen molar-refractivity contribution in [3.8, 4) is 11.1 Å². The number of benzene rings is 2. The molecule has 2 aromatic rings. The molecule has 0 saturated heterocycles. The fourth-order valence-corrected chi connectivity index (χ4v) is 3.62. The third-order valence-electron chi connectivity index (χ3n) is 4.28. The lowest BCUT2D eigenvalue weighted by molar-refractivity contribution is 0.736. The van der Waals surface area contributed by atoms with Crippen molar-refractivity contribution in [2.75, 3.05) is 6.54 Å². The molecule has 19 heavy (non-hydrogen) atoms. The highest BCUT2D eigenvalue weighted by Gasteiger charge is 2.30. The monoisotopic (exact) mass is 251 g/mol. The van der Waals surface area contributed by atoms with E-state index in [-0.39, 0.29) is 0 Å². The van der Waals surface area contributed by atoms with Crippen LogP contribution < -0.4 is 5.73 Å². The Morgan fingerprint density at radius 2 is 1.84 bits per heavy atom. The first kappa shape index (κ1) is 12.4. The third-order valence-corrected chi connectivity index (χ3v) is 4.28. The maximum absolute atomic E-state index is 5.84. The first-order valence-corrected chi connectivity index (χ1v) is 7.04. The van der Waals surface area contributed by atoms with E-state index in [1.807, 2.05) is 0 Å². The summed E-state index contributed by atoms with van der Waals surface area (Å²) in [4.78, 5) is 0. The second-order valence-electron chi connectivity index (χ2n) is 5.71. The Bertz CT molecular complexity index is 640. The molecule has 1 unspecified atom stereocenters. The molecule has 0 heterocycles. The van der Waals surface area contributed by atoms with Gasteiger partial charge in [0.05, 0.1) is 0 Å². The van der Waals surface area contributed by atoms with Crippen LogP contribution in [0.1, 0.15) is 40.2 Å². The number of fused-ring (bicyclic) bond motifs is 3. The van der Waals surface area contributed by atoms with Crippen molar-refractivity contribution in [3.05, 3.63) is 58.1 Å². The summed E-state index contributed by atoms with van der Waals surface area (Å²) in [7, 11) is 0. The summed E-state index contributed by atoms with van der Waals surface area (Å²) < 4.78 is 0. The van der Waals surface area contributed by atoms with Crippen molar-refractivity contribution in [1.29, 1.82) is 0 Å². The standard InChI is InChI=1S/C18H21N/c1-11-9-13(3)18-15(7-8-19)14-6-4-5-12(2)17(14)16(18)10-11/h4-6,9-10,15H,7-8,19H2,1-3H3. The molecule has 1 atom stereocenters. The van der Waals surface area contributed by atoms with E-state index in [9.17, 15) is 0 Å². The van der Waals surface area contributed by atoms with Crippen LogP contribution in [0.3, 0.4) is 0 Å². The number of hydrogen-bond acceptors (Lipinski definition) is 1. The number of nitrogens with two attached hydrogens (primary N) is 1. The molecule has 3 rings (SSSR count). The van der Waals surface area contributed by atoms with Crippen LogP contribution in [0.15, 0.2) is 30.3 Å². The summed E-state index contributed by atoms with van der Waals surface area (Å²) in [6.07, 6.45) is 1.04. The minimum atomic E-state index is 0.482. The number of hydrogen-bond donors (Lipinski definition) is 1. The zero-order chi connectivity index (χ0) is 13.6. The Balaban J connectivity index is 2.33. The fraction of sp³-hybridized carbons (Fsp3) is 0.333. The predicted molar refractivity (Wildman–Crippen MR) is 81.6 cm³/mol. The molecule has 98 valence electrons. The summed E-state index contributed by atoms with van der Waals surface area (Å²) in [5, 5.41) is 0. The molecular weight excluding hydrogens is 230 g/mol. The van der Waals surface area contributed by atoms with Gasteiger partial charge >= 0.3 is 0 Å². The predicted octanol–water partition coefficient (Wildman–Crippen LogP) is 4.07. The van der Waals surface area contributed by atoms with Crippen molar-refractivity contribution >= 4 is 0 Å². The van der Waals surface area contributed by atoms with Crippen LogP contribution in [0, 0.1) is 20.8 Å². The Kier molecular flexibility index (Phi) is 2.94. The van der Waals surface area contributed by atoms with E-state index < -0.39 is 0 Å². The zero-order valence-electron chi connectivity index (χ0n) is 12.0. The fourth-order valence-electron chi connectivity index (χ4n) is 3.62. The molecule has 0 spiro atoms. The van der Waals surface area contributed by atoms with Gasteiger partial charge in [-0.3, -0.25) is 0 Å². The molecule has 1 nitrogen and oxygen atoms in total. The summed E-state index contributed by atoms with van der Waals surface area (Å²) in [6.45, 7) is 7.37. The van der Waals surface area contributed by atoms with Gasteiger partial charge in [-0.1, -0.05) is 35.9 Å². The van der Waals surface area contributed by atoms with Crippen LogP contribution in [0.25, 0.3) is 11.1 Å². The summed E-state index contributed by atoms with van der Waals surface area (Å²) in [5.41, 5.74) is 15.8. The van der Waals surface area contributed by atoms with Crippen molar-refractivity contribution in [3.63, 3.8) is 0 Å². The van der Waals surface area contributed by atoms with E-state index >= 15 is 0 Å². The largest absolute Gasteiger partial charge is 0.330 e. The first-order chi connectivity index (χ1) is 9.13. The van der Waals surface area contributed by atoms with Gasteiger partial charge in [-0.15, -0.1) is 0 Å². The van der Waals surface area contributed by atoms with Gasteiger partial charge in [0.1, 0.15) is 0 Å². The number of aryl methyl sites for hydroxylation is 3. The highest BCUT2D eigenvalue weighted by molar-refractivity contribution is 5.82. The van der Waals surface area contributed by atoms with E-state index in [0.29, 0.717) is 5.92 Å². The van der Waals surface area contributed by atoms with Gasteiger partial charge < -0.3 is 5.73 Å². The van der Waals surface area contributed by atoms with E-state index in [4.69, 9.17) is 5.73 Å². The van der Waals surface area contributed by atoms with Crippen LogP contribution in [0.2, 0.25) is 0 Å². The molecule has 2 N–H and O–H groups in total. The van der Waals surface area contributed by atoms with Crippen molar-refractivity contribution in [2.24, 2.45) is 5.73 Å². The highest BCUT2D eigenvalue weighted by atomic mass is 14.5. The first-order valence-electron chi connectivity index (χ1n) is 7.04. The van der Waals surface area contributed by atoms with Crippen LogP contribution >= 0.6 is 0 Å². The Hall–Kier alpha value is -1.60. The van der Waals surface area contributed by atoms with Crippen molar-refractivity contribution in [1.82, 2.24) is 0 Å². The number of rotatable bonds is 2. The van der Waals surface area contributed by atoms with Crippen molar-refractivity contribution < 1.29 is 0 Å². The van der Waals surface area contributed by atoms with E-state index in [2.05, 4.69) is 51.1 Å². The molecule has 1 aliphatic carbocycles. The van der Waals surface area contributed by atoms with Crippen molar-refractivity contribution in [2.45, 2.75) is 33.1 Å². The molecule has 2 aromatic carbocycles. The summed E-state index contributed by atoms with van der Waals surface area (Å²) in [5.74, 6) is 0.482. The Morgan fingerprint density at radius 3 is 2.58 bits per heavy atom. The van der Waals surface area contributed by atoms with Gasteiger partial charge in [-0.25, -0.2) is 0 Å². The summed E-state index contributed by atoms with van der Waals surface area (Å²) in [6, 6.07) is 11.3. The average Bonchev–Trinajstić information content (AvgIpc) is 2.66. The highest BCUT2D eigenvalue weighted by Crippen LogP contribution is 2.49. The molecule has 0 radical (unpaired) electrons. The second kappa shape index (κ2) is 4.50. The smallest absolute Gasteiger partial charge is 0.0116 e. The van der Waals surface area contributed by atoms with Crippen LogP contribution in [0.4, 0.5) is 0 Å². The SMILES string of the molecule is Cc1cc(C)c2c(c1)-c1c(C)cccc1C2CCN. The van der Waals surface area contributed by atoms with Crippen LogP contribution in [-0.4, -0.2) is 6.54 Å². The quantitative estimate of drug-likeness (QED) is 0.855. The van der Waals surface area contributed by atoms with Gasteiger partial charge in [0.2, 0.25) is 0 Å². The minimum absolute atomic E-state index is 0.482. The van der Waals surface area contributed by atoms with Gasteiger partial charge in [0, 0.05) is 5.92 Å². The molecule has 0 aliphatic heterocycles. The van der Waals surface area contributed by atoms with Crippen LogP contribution in [0.5, 0.6) is 0 Å². The Labute approximate surface area is 115 Å². The van der Waals surface area contributed by atoms with Gasteiger partial charge in [0.15, 0.2) is 0 Å². The molecule has 0 saturated carbocycles. The molecule has 0 aromatic heterocycles. The molecular formula is C18H21N. The minimum Gasteiger partial charge on any atom is -0.330 e. The molecule has 0 fully saturated rings. The van der Waals surface area contributed by atoms with Crippen LogP contribution in [-0.2, 0) is 0 Å². The van der Waals surface area contributed by atoms with Gasteiger partial charge in [-0.2, -0.15) is 0 Å². The van der Waals surface area contributed by atoms with Gasteiger partial charge in [0.25, 0.3) is 0 Å². The third kappa shape index (κ3) is 1.81. The lowest BCUT2D eigenvalue weighted by Gasteiger charge is -2.15. The molecule has 0 bridgehead atoms. The molecule has 1 heteroatoms. The summed E-state index contributed by atoms with van der Waals surface area (Å²) >= 11 is 0. The van der Waals surface area contributed by atoms with E-state index in [1.54, 1.807) is 0 Å². The van der Waals surface area contributed by atoms with Gasteiger partial charge in [-0.05, 0) is 67.1 Å². The molecule has 0 amide bonds. The normalized spacial score (nSPS) is 16.3. The molecule has 1 aliphatic rings. The lowest BCUT2D eigenvalue weighted by atomic mass is 9.90. The maximum atomic E-state index is 5.84. The van der Waals surface area contributed by atoms with E-state index in [1.165, 1.54) is 38.9 Å². The van der Waals surface area contributed by atoms with E-state index in [0.717, 1.165) is 13.0 Å². The average molecular weight is 251 g/mol. The second-order valence-corrected chi connectivity index (χ2v) is 5.71. The lowest BCUT2D eigenvalue weighted by Crippen LogP contribution is -2.07.